The van der Waals surface area contributed by atoms with Gasteiger partial charge in [-0.25, -0.2) is 4.39 Å². The van der Waals surface area contributed by atoms with Gasteiger partial charge < -0.3 is 5.32 Å². The van der Waals surface area contributed by atoms with E-state index in [0.717, 1.165) is 11.8 Å². The molecule has 0 bridgehead atoms. The Morgan fingerprint density at radius 2 is 1.52 bits per heavy atom. The predicted octanol–water partition coefficient (Wildman–Crippen LogP) is 5.33. The molecule has 118 valence electrons. The summed E-state index contributed by atoms with van der Waals surface area (Å²) in [5, 5.41) is 3.87. The average Bonchev–Trinajstić information content (AvgIpc) is 2.35. The molecule has 2 rings (SSSR count). The second-order valence-corrected chi connectivity index (χ2v) is 8.13. The molecule has 0 heterocycles. The zero-order chi connectivity index (χ0) is 15.6. The Labute approximate surface area is 129 Å². The van der Waals surface area contributed by atoms with Crippen LogP contribution in [0.15, 0.2) is 24.3 Å². The number of hydrogen-bond acceptors (Lipinski definition) is 1. The summed E-state index contributed by atoms with van der Waals surface area (Å²) in [4.78, 5) is 0. The van der Waals surface area contributed by atoms with Gasteiger partial charge in [0.05, 0.1) is 0 Å². The van der Waals surface area contributed by atoms with E-state index < -0.39 is 0 Å². The molecular formula is C19H30FN. The predicted molar refractivity (Wildman–Crippen MR) is 87.7 cm³/mol. The first-order valence-corrected chi connectivity index (χ1v) is 8.27. The van der Waals surface area contributed by atoms with Gasteiger partial charge in [0, 0.05) is 12.1 Å². The van der Waals surface area contributed by atoms with E-state index in [4.69, 9.17) is 0 Å². The first-order valence-electron chi connectivity index (χ1n) is 8.27. The van der Waals surface area contributed by atoms with Crippen molar-refractivity contribution < 1.29 is 4.39 Å². The van der Waals surface area contributed by atoms with Crippen molar-refractivity contribution in [2.24, 2.45) is 17.3 Å². The van der Waals surface area contributed by atoms with Crippen LogP contribution in [0.1, 0.15) is 65.5 Å². The highest BCUT2D eigenvalue weighted by molar-refractivity contribution is 5.22. The van der Waals surface area contributed by atoms with Crippen LogP contribution in [0.3, 0.4) is 0 Å². The Balaban J connectivity index is 2.15. The van der Waals surface area contributed by atoms with Gasteiger partial charge in [-0.15, -0.1) is 0 Å². The molecule has 1 N–H and O–H groups in total. The summed E-state index contributed by atoms with van der Waals surface area (Å²) in [5.74, 6) is 1.42. The maximum Gasteiger partial charge on any atom is 0.123 e. The van der Waals surface area contributed by atoms with Crippen molar-refractivity contribution in [3.63, 3.8) is 0 Å². The third kappa shape index (κ3) is 4.54. The largest absolute Gasteiger partial charge is 0.307 e. The van der Waals surface area contributed by atoms with Gasteiger partial charge in [0.25, 0.3) is 0 Å². The fraction of sp³-hybridized carbons (Fsp3) is 0.684. The molecule has 0 radical (unpaired) electrons. The molecule has 3 atom stereocenters. The number of rotatable bonds is 3. The Morgan fingerprint density at radius 1 is 1.00 bits per heavy atom. The number of halogens is 1. The SMILES string of the molecule is CC1CC(C)CC(NC(c2ccc(F)cc2)C(C)(C)C)C1. The molecule has 1 nitrogen and oxygen atoms in total. The van der Waals surface area contributed by atoms with Crippen LogP contribution < -0.4 is 5.32 Å². The van der Waals surface area contributed by atoms with Gasteiger partial charge in [-0.3, -0.25) is 0 Å². The zero-order valence-corrected chi connectivity index (χ0v) is 14.1. The van der Waals surface area contributed by atoms with Gasteiger partial charge in [-0.2, -0.15) is 0 Å². The highest BCUT2D eigenvalue weighted by atomic mass is 19.1. The molecular weight excluding hydrogens is 261 g/mol. The second kappa shape index (κ2) is 6.48. The third-order valence-electron chi connectivity index (χ3n) is 4.65. The highest BCUT2D eigenvalue weighted by Crippen LogP contribution is 2.36. The van der Waals surface area contributed by atoms with Gasteiger partial charge in [-0.05, 0) is 54.2 Å². The summed E-state index contributed by atoms with van der Waals surface area (Å²) >= 11 is 0. The maximum absolute atomic E-state index is 13.2. The minimum Gasteiger partial charge on any atom is -0.307 e. The summed E-state index contributed by atoms with van der Waals surface area (Å²) in [6.07, 6.45) is 3.84. The minimum absolute atomic E-state index is 0.113. The van der Waals surface area contributed by atoms with Gasteiger partial charge in [0.2, 0.25) is 0 Å². The van der Waals surface area contributed by atoms with E-state index in [2.05, 4.69) is 39.9 Å². The lowest BCUT2D eigenvalue weighted by atomic mass is 9.77. The van der Waals surface area contributed by atoms with E-state index in [1.54, 1.807) is 12.1 Å². The topological polar surface area (TPSA) is 12.0 Å². The lowest BCUT2D eigenvalue weighted by Crippen LogP contribution is -2.43. The summed E-state index contributed by atoms with van der Waals surface area (Å²) in [7, 11) is 0. The van der Waals surface area contributed by atoms with E-state index in [-0.39, 0.29) is 17.3 Å². The first-order chi connectivity index (χ1) is 9.75. The molecule has 0 saturated heterocycles. The zero-order valence-electron chi connectivity index (χ0n) is 14.1. The van der Waals surface area contributed by atoms with Crippen molar-refractivity contribution in [3.8, 4) is 0 Å². The summed E-state index contributed by atoms with van der Waals surface area (Å²) in [6.45, 7) is 11.5. The van der Waals surface area contributed by atoms with E-state index >= 15 is 0 Å². The van der Waals surface area contributed by atoms with Gasteiger partial charge in [-0.1, -0.05) is 46.8 Å². The Bertz CT molecular complexity index is 436. The van der Waals surface area contributed by atoms with Crippen LogP contribution in [0.25, 0.3) is 0 Å². The lowest BCUT2D eigenvalue weighted by Gasteiger charge is -2.39. The molecule has 1 fully saturated rings. The molecule has 0 aromatic heterocycles. The fourth-order valence-corrected chi connectivity index (χ4v) is 3.82. The normalized spacial score (nSPS) is 28.4. The smallest absolute Gasteiger partial charge is 0.123 e. The van der Waals surface area contributed by atoms with Crippen molar-refractivity contribution in [2.75, 3.05) is 0 Å². The van der Waals surface area contributed by atoms with Crippen molar-refractivity contribution in [2.45, 2.75) is 66.0 Å². The van der Waals surface area contributed by atoms with Crippen LogP contribution in [-0.2, 0) is 0 Å². The van der Waals surface area contributed by atoms with Crippen LogP contribution in [-0.4, -0.2) is 6.04 Å². The summed E-state index contributed by atoms with van der Waals surface area (Å²) in [5.41, 5.74) is 1.30. The van der Waals surface area contributed by atoms with E-state index in [1.807, 2.05) is 12.1 Å². The van der Waals surface area contributed by atoms with Crippen molar-refractivity contribution >= 4 is 0 Å². The molecule has 1 aliphatic carbocycles. The second-order valence-electron chi connectivity index (χ2n) is 8.13. The van der Waals surface area contributed by atoms with Crippen LogP contribution >= 0.6 is 0 Å². The fourth-order valence-electron chi connectivity index (χ4n) is 3.82. The molecule has 1 aromatic rings. The van der Waals surface area contributed by atoms with Gasteiger partial charge in [0.15, 0.2) is 0 Å². The van der Waals surface area contributed by atoms with Crippen LogP contribution in [0, 0.1) is 23.1 Å². The average molecular weight is 291 g/mol. The van der Waals surface area contributed by atoms with Crippen molar-refractivity contribution in [3.05, 3.63) is 35.6 Å². The van der Waals surface area contributed by atoms with Crippen LogP contribution in [0.5, 0.6) is 0 Å². The monoisotopic (exact) mass is 291 g/mol. The van der Waals surface area contributed by atoms with E-state index in [1.165, 1.54) is 24.8 Å². The first kappa shape index (κ1) is 16.5. The standard InChI is InChI=1S/C19H30FN/c1-13-10-14(2)12-17(11-13)21-18(19(3,4)5)15-6-8-16(20)9-7-15/h6-9,13-14,17-18,21H,10-12H2,1-5H3. The van der Waals surface area contributed by atoms with Gasteiger partial charge >= 0.3 is 0 Å². The lowest BCUT2D eigenvalue weighted by molar-refractivity contribution is 0.181. The third-order valence-corrected chi connectivity index (χ3v) is 4.65. The summed E-state index contributed by atoms with van der Waals surface area (Å²) in [6, 6.07) is 7.82. The van der Waals surface area contributed by atoms with Crippen molar-refractivity contribution in [1.82, 2.24) is 5.32 Å². The van der Waals surface area contributed by atoms with Crippen molar-refractivity contribution in [1.29, 1.82) is 0 Å². The molecule has 0 amide bonds. The van der Waals surface area contributed by atoms with E-state index in [9.17, 15) is 4.39 Å². The highest BCUT2D eigenvalue weighted by Gasteiger charge is 2.31. The van der Waals surface area contributed by atoms with Crippen LogP contribution in [0.2, 0.25) is 0 Å². The molecule has 1 saturated carbocycles. The molecule has 21 heavy (non-hydrogen) atoms. The van der Waals surface area contributed by atoms with Crippen LogP contribution in [0.4, 0.5) is 4.39 Å². The molecule has 1 aliphatic rings. The van der Waals surface area contributed by atoms with Gasteiger partial charge in [0.1, 0.15) is 5.82 Å². The van der Waals surface area contributed by atoms with E-state index in [0.29, 0.717) is 6.04 Å². The molecule has 1 aromatic carbocycles. The molecule has 0 aliphatic heterocycles. The molecule has 2 heteroatoms. The minimum atomic E-state index is -0.161. The Morgan fingerprint density at radius 3 is 2.00 bits per heavy atom. The molecule has 0 spiro atoms. The summed E-state index contributed by atoms with van der Waals surface area (Å²) < 4.78 is 13.2. The quantitative estimate of drug-likeness (QED) is 0.794. The number of hydrogen-bond donors (Lipinski definition) is 1. The Hall–Kier alpha value is -0.890. The number of nitrogens with one attached hydrogen (secondary N) is 1. The maximum atomic E-state index is 13.2. The molecule has 3 unspecified atom stereocenters. The Kier molecular flexibility index (Phi) is 5.08. The number of benzene rings is 1.